The Labute approximate surface area is 122 Å². The van der Waals surface area contributed by atoms with Crippen molar-refractivity contribution in [1.82, 2.24) is 9.55 Å². The number of benzene rings is 2. The van der Waals surface area contributed by atoms with Gasteiger partial charge in [0.15, 0.2) is 0 Å². The number of hydrogen-bond acceptors (Lipinski definition) is 2. The quantitative estimate of drug-likeness (QED) is 0.798. The molecule has 3 nitrogen and oxygen atoms in total. The van der Waals surface area contributed by atoms with Gasteiger partial charge in [0, 0.05) is 10.7 Å². The molecular formula is C16H14ClN3. The number of halogens is 1. The smallest absolute Gasteiger partial charge is 0.0994 e. The van der Waals surface area contributed by atoms with Crippen molar-refractivity contribution in [1.29, 1.82) is 0 Å². The Morgan fingerprint density at radius 3 is 2.40 bits per heavy atom. The molecule has 0 radical (unpaired) electrons. The van der Waals surface area contributed by atoms with Crippen LogP contribution in [-0.2, 0) is 0 Å². The minimum atomic E-state index is -0.214. The fourth-order valence-corrected chi connectivity index (χ4v) is 2.31. The molecule has 1 heterocycles. The summed E-state index contributed by atoms with van der Waals surface area (Å²) in [5.74, 6) is 0. The Morgan fingerprint density at radius 1 is 1.00 bits per heavy atom. The summed E-state index contributed by atoms with van der Waals surface area (Å²) in [4.78, 5) is 4.22. The van der Waals surface area contributed by atoms with Crippen LogP contribution in [-0.4, -0.2) is 9.55 Å². The van der Waals surface area contributed by atoms with Crippen molar-refractivity contribution < 1.29 is 0 Å². The summed E-state index contributed by atoms with van der Waals surface area (Å²) in [6.45, 7) is 0. The van der Waals surface area contributed by atoms with Crippen LogP contribution in [0, 0.1) is 0 Å². The summed E-state index contributed by atoms with van der Waals surface area (Å²) in [6.07, 6.45) is 3.56. The van der Waals surface area contributed by atoms with Crippen LogP contribution in [0.1, 0.15) is 17.3 Å². The van der Waals surface area contributed by atoms with E-state index in [0.717, 1.165) is 16.9 Å². The lowest BCUT2D eigenvalue weighted by atomic mass is 10.1. The van der Waals surface area contributed by atoms with Gasteiger partial charge in [0.2, 0.25) is 0 Å². The second-order valence-electron chi connectivity index (χ2n) is 4.55. The molecule has 2 N–H and O–H groups in total. The zero-order valence-corrected chi connectivity index (χ0v) is 11.5. The topological polar surface area (TPSA) is 43.8 Å². The first-order valence-corrected chi connectivity index (χ1v) is 6.72. The molecule has 0 saturated carbocycles. The zero-order valence-electron chi connectivity index (χ0n) is 10.8. The van der Waals surface area contributed by atoms with E-state index in [0.29, 0.717) is 5.02 Å². The molecule has 2 aromatic carbocycles. The summed E-state index contributed by atoms with van der Waals surface area (Å²) in [6, 6.07) is 17.4. The molecule has 100 valence electrons. The van der Waals surface area contributed by atoms with Crippen molar-refractivity contribution in [2.75, 3.05) is 0 Å². The third kappa shape index (κ3) is 2.46. The summed E-state index contributed by atoms with van der Waals surface area (Å²) >= 11 is 5.92. The fourth-order valence-electron chi connectivity index (χ4n) is 2.18. The van der Waals surface area contributed by atoms with E-state index in [9.17, 15) is 0 Å². The van der Waals surface area contributed by atoms with E-state index in [1.165, 1.54) is 0 Å². The van der Waals surface area contributed by atoms with Crippen molar-refractivity contribution in [3.8, 4) is 5.69 Å². The molecule has 0 amide bonds. The van der Waals surface area contributed by atoms with Gasteiger partial charge >= 0.3 is 0 Å². The normalized spacial score (nSPS) is 12.3. The molecule has 0 aliphatic heterocycles. The average molecular weight is 284 g/mol. The van der Waals surface area contributed by atoms with Crippen LogP contribution < -0.4 is 5.73 Å². The number of imidazole rings is 1. The number of nitrogens with zero attached hydrogens (tertiary/aromatic N) is 2. The summed E-state index contributed by atoms with van der Waals surface area (Å²) in [7, 11) is 0. The standard InChI is InChI=1S/C16H14ClN3/c17-13-6-8-14(9-7-13)20-11-19-10-15(20)16(18)12-4-2-1-3-5-12/h1-11,16H,18H2. The highest BCUT2D eigenvalue weighted by Gasteiger charge is 2.14. The lowest BCUT2D eigenvalue weighted by Crippen LogP contribution is -2.15. The van der Waals surface area contributed by atoms with Gasteiger partial charge in [-0.05, 0) is 29.8 Å². The fraction of sp³-hybridized carbons (Fsp3) is 0.0625. The minimum absolute atomic E-state index is 0.214. The number of aromatic nitrogens is 2. The molecule has 3 rings (SSSR count). The van der Waals surface area contributed by atoms with Crippen LogP contribution in [0.3, 0.4) is 0 Å². The molecule has 3 aromatic rings. The molecule has 1 atom stereocenters. The number of rotatable bonds is 3. The van der Waals surface area contributed by atoms with Gasteiger partial charge in [-0.2, -0.15) is 0 Å². The lowest BCUT2D eigenvalue weighted by molar-refractivity contribution is 0.793. The number of nitrogens with two attached hydrogens (primary N) is 1. The second kappa shape index (κ2) is 5.49. The highest BCUT2D eigenvalue weighted by Crippen LogP contribution is 2.22. The maximum atomic E-state index is 6.34. The highest BCUT2D eigenvalue weighted by molar-refractivity contribution is 6.30. The van der Waals surface area contributed by atoms with Crippen LogP contribution in [0.4, 0.5) is 0 Å². The molecule has 0 bridgehead atoms. The second-order valence-corrected chi connectivity index (χ2v) is 4.99. The van der Waals surface area contributed by atoms with Crippen LogP contribution in [0.25, 0.3) is 5.69 Å². The van der Waals surface area contributed by atoms with Crippen molar-refractivity contribution in [2.45, 2.75) is 6.04 Å². The van der Waals surface area contributed by atoms with Crippen LogP contribution in [0.15, 0.2) is 67.1 Å². The predicted octanol–water partition coefficient (Wildman–Crippen LogP) is 3.57. The minimum Gasteiger partial charge on any atom is -0.319 e. The van der Waals surface area contributed by atoms with Gasteiger partial charge in [0.1, 0.15) is 0 Å². The molecular weight excluding hydrogens is 270 g/mol. The van der Waals surface area contributed by atoms with E-state index in [2.05, 4.69) is 4.98 Å². The van der Waals surface area contributed by atoms with Crippen LogP contribution in [0.2, 0.25) is 5.02 Å². The Bertz CT molecular complexity index is 689. The van der Waals surface area contributed by atoms with Crippen molar-refractivity contribution >= 4 is 11.6 Å². The van der Waals surface area contributed by atoms with Gasteiger partial charge in [-0.15, -0.1) is 0 Å². The van der Waals surface area contributed by atoms with E-state index in [1.54, 1.807) is 12.5 Å². The third-order valence-corrected chi connectivity index (χ3v) is 3.50. The Hall–Kier alpha value is -2.10. The Morgan fingerprint density at radius 2 is 1.70 bits per heavy atom. The first-order chi connectivity index (χ1) is 9.75. The van der Waals surface area contributed by atoms with Gasteiger partial charge in [-0.25, -0.2) is 4.98 Å². The Balaban J connectivity index is 2.00. The monoisotopic (exact) mass is 283 g/mol. The molecule has 0 aliphatic carbocycles. The van der Waals surface area contributed by atoms with E-state index in [-0.39, 0.29) is 6.04 Å². The van der Waals surface area contributed by atoms with Crippen molar-refractivity contribution in [3.05, 3.63) is 83.4 Å². The van der Waals surface area contributed by atoms with Crippen molar-refractivity contribution in [2.24, 2.45) is 5.73 Å². The molecule has 0 spiro atoms. The molecule has 0 aliphatic rings. The Kier molecular flexibility index (Phi) is 3.54. The average Bonchev–Trinajstić information content (AvgIpc) is 2.97. The van der Waals surface area contributed by atoms with Crippen LogP contribution in [0.5, 0.6) is 0 Å². The van der Waals surface area contributed by atoms with Crippen molar-refractivity contribution in [3.63, 3.8) is 0 Å². The molecule has 1 unspecified atom stereocenters. The third-order valence-electron chi connectivity index (χ3n) is 3.25. The van der Waals surface area contributed by atoms with E-state index >= 15 is 0 Å². The summed E-state index contributed by atoms with van der Waals surface area (Å²) in [5, 5.41) is 0.711. The molecule has 0 saturated heterocycles. The number of hydrogen-bond donors (Lipinski definition) is 1. The first kappa shape index (κ1) is 12.9. The van der Waals surface area contributed by atoms with Crippen LogP contribution >= 0.6 is 11.6 Å². The SMILES string of the molecule is NC(c1ccccc1)c1cncn1-c1ccc(Cl)cc1. The maximum absolute atomic E-state index is 6.34. The molecule has 4 heteroatoms. The van der Waals surface area contributed by atoms with Gasteiger partial charge < -0.3 is 10.3 Å². The van der Waals surface area contributed by atoms with E-state index in [4.69, 9.17) is 17.3 Å². The van der Waals surface area contributed by atoms with Gasteiger partial charge in [0.25, 0.3) is 0 Å². The molecule has 1 aromatic heterocycles. The van der Waals surface area contributed by atoms with Gasteiger partial charge in [-0.1, -0.05) is 41.9 Å². The molecule has 0 fully saturated rings. The maximum Gasteiger partial charge on any atom is 0.0994 e. The molecule has 20 heavy (non-hydrogen) atoms. The largest absolute Gasteiger partial charge is 0.319 e. The predicted molar refractivity (Wildman–Crippen MR) is 81.0 cm³/mol. The van der Waals surface area contributed by atoms with Gasteiger partial charge in [0.05, 0.1) is 24.3 Å². The summed E-state index contributed by atoms with van der Waals surface area (Å²) in [5.41, 5.74) is 9.34. The first-order valence-electron chi connectivity index (χ1n) is 6.34. The lowest BCUT2D eigenvalue weighted by Gasteiger charge is -2.15. The van der Waals surface area contributed by atoms with E-state index in [1.807, 2.05) is 59.2 Å². The summed E-state index contributed by atoms with van der Waals surface area (Å²) < 4.78 is 1.98. The van der Waals surface area contributed by atoms with E-state index < -0.39 is 0 Å². The zero-order chi connectivity index (χ0) is 13.9. The van der Waals surface area contributed by atoms with Gasteiger partial charge in [-0.3, -0.25) is 0 Å². The highest BCUT2D eigenvalue weighted by atomic mass is 35.5.